The van der Waals surface area contributed by atoms with Gasteiger partial charge in [0, 0.05) is 17.5 Å². The smallest absolute Gasteiger partial charge is 0.135 e. The van der Waals surface area contributed by atoms with Crippen LogP contribution in [-0.4, -0.2) is 10.1 Å². The summed E-state index contributed by atoms with van der Waals surface area (Å²) in [5.41, 5.74) is 8.00. The number of pyridine rings is 1. The van der Waals surface area contributed by atoms with Gasteiger partial charge in [0.15, 0.2) is 0 Å². The summed E-state index contributed by atoms with van der Waals surface area (Å²) in [4.78, 5) is 4.20. The first-order chi connectivity index (χ1) is 7.24. The zero-order valence-corrected chi connectivity index (χ0v) is 8.83. The molecule has 0 radical (unpaired) electrons. The van der Waals surface area contributed by atoms with E-state index in [1.54, 1.807) is 0 Å². The lowest BCUT2D eigenvalue weighted by atomic mass is 10.1. The number of rotatable bonds is 2. The van der Waals surface area contributed by atoms with Crippen molar-refractivity contribution in [3.05, 3.63) is 40.5 Å². The molecule has 15 heavy (non-hydrogen) atoms. The van der Waals surface area contributed by atoms with Gasteiger partial charge in [-0.1, -0.05) is 23.7 Å². The van der Waals surface area contributed by atoms with Gasteiger partial charge in [-0.15, -0.1) is 0 Å². The molecule has 1 aromatic carbocycles. The molecular weight excluding hydrogens is 212 g/mol. The molecule has 3 nitrogen and oxygen atoms in total. The van der Waals surface area contributed by atoms with E-state index in [1.807, 2.05) is 24.3 Å². The molecule has 0 aliphatic rings. The van der Waals surface area contributed by atoms with Crippen molar-refractivity contribution in [3.8, 4) is 0 Å². The summed E-state index contributed by atoms with van der Waals surface area (Å²) >= 11 is 5.90. The van der Waals surface area contributed by atoms with Gasteiger partial charge >= 0.3 is 0 Å². The number of fused-ring (bicyclic) bond motifs is 1. The molecule has 78 valence electrons. The predicted molar refractivity (Wildman–Crippen MR) is 60.6 cm³/mol. The van der Waals surface area contributed by atoms with Crippen molar-refractivity contribution in [2.45, 2.75) is 13.2 Å². The molecule has 0 aliphatic heterocycles. The second-order valence-electron chi connectivity index (χ2n) is 3.33. The summed E-state index contributed by atoms with van der Waals surface area (Å²) in [5, 5.41) is 10.3. The third-order valence-corrected chi connectivity index (χ3v) is 2.64. The lowest BCUT2D eigenvalue weighted by molar-refractivity contribution is 0.281. The Balaban J connectivity index is 2.65. The number of nitrogens with zero attached hydrogens (tertiary/aromatic N) is 1. The summed E-state index contributed by atoms with van der Waals surface area (Å²) in [6.45, 7) is 0.386. The predicted octanol–water partition coefficient (Wildman–Crippen LogP) is 1.84. The molecule has 0 amide bonds. The summed E-state index contributed by atoms with van der Waals surface area (Å²) < 4.78 is 0. The molecular formula is C11H11ClN2O. The Morgan fingerprint density at radius 1 is 1.33 bits per heavy atom. The quantitative estimate of drug-likeness (QED) is 0.763. The molecule has 1 heterocycles. The Bertz CT molecular complexity index is 499. The van der Waals surface area contributed by atoms with E-state index in [-0.39, 0.29) is 6.61 Å². The second-order valence-corrected chi connectivity index (χ2v) is 3.69. The molecule has 0 spiro atoms. The first-order valence-corrected chi connectivity index (χ1v) is 5.01. The monoisotopic (exact) mass is 222 g/mol. The van der Waals surface area contributed by atoms with Gasteiger partial charge in [-0.05, 0) is 17.7 Å². The SMILES string of the molecule is NCc1ccc2cc(CO)c(Cl)nc2c1. The van der Waals surface area contributed by atoms with Crippen LogP contribution in [0.1, 0.15) is 11.1 Å². The Labute approximate surface area is 92.5 Å². The van der Waals surface area contributed by atoms with E-state index in [0.717, 1.165) is 16.5 Å². The molecule has 2 rings (SSSR count). The molecule has 0 aliphatic carbocycles. The van der Waals surface area contributed by atoms with Gasteiger partial charge in [-0.25, -0.2) is 4.98 Å². The normalized spacial score (nSPS) is 10.9. The largest absolute Gasteiger partial charge is 0.392 e. The van der Waals surface area contributed by atoms with Gasteiger partial charge in [-0.2, -0.15) is 0 Å². The van der Waals surface area contributed by atoms with Crippen LogP contribution < -0.4 is 5.73 Å². The van der Waals surface area contributed by atoms with Crippen LogP contribution in [0.25, 0.3) is 10.9 Å². The maximum Gasteiger partial charge on any atom is 0.135 e. The molecule has 0 unspecified atom stereocenters. The van der Waals surface area contributed by atoms with E-state index in [0.29, 0.717) is 17.3 Å². The van der Waals surface area contributed by atoms with Crippen molar-refractivity contribution in [3.63, 3.8) is 0 Å². The third-order valence-electron chi connectivity index (χ3n) is 2.31. The van der Waals surface area contributed by atoms with E-state index in [2.05, 4.69) is 4.98 Å². The fourth-order valence-corrected chi connectivity index (χ4v) is 1.68. The van der Waals surface area contributed by atoms with E-state index in [1.165, 1.54) is 0 Å². The van der Waals surface area contributed by atoms with Crippen LogP contribution in [0.4, 0.5) is 0 Å². The average molecular weight is 223 g/mol. The molecule has 2 aromatic rings. The standard InChI is InChI=1S/C11H11ClN2O/c12-11-9(6-15)4-8-2-1-7(5-13)3-10(8)14-11/h1-4,15H,5-6,13H2. The second kappa shape index (κ2) is 4.14. The molecule has 0 fully saturated rings. The summed E-state index contributed by atoms with van der Waals surface area (Å²) in [5.74, 6) is 0. The van der Waals surface area contributed by atoms with E-state index < -0.39 is 0 Å². The average Bonchev–Trinajstić information content (AvgIpc) is 2.27. The van der Waals surface area contributed by atoms with Crippen LogP contribution in [0.3, 0.4) is 0 Å². The minimum Gasteiger partial charge on any atom is -0.392 e. The Morgan fingerprint density at radius 2 is 2.13 bits per heavy atom. The van der Waals surface area contributed by atoms with Crippen molar-refractivity contribution in [2.24, 2.45) is 5.73 Å². The number of hydrogen-bond acceptors (Lipinski definition) is 3. The molecule has 3 N–H and O–H groups in total. The van der Waals surface area contributed by atoms with Crippen LogP contribution in [0, 0.1) is 0 Å². The molecule has 4 heteroatoms. The molecule has 0 saturated heterocycles. The molecule has 0 atom stereocenters. The highest BCUT2D eigenvalue weighted by Gasteiger charge is 2.04. The van der Waals surface area contributed by atoms with Crippen LogP contribution in [0.2, 0.25) is 5.15 Å². The number of aromatic nitrogens is 1. The molecule has 0 saturated carbocycles. The van der Waals surface area contributed by atoms with E-state index >= 15 is 0 Å². The number of hydrogen-bond donors (Lipinski definition) is 2. The Kier molecular flexibility index (Phi) is 2.86. The Morgan fingerprint density at radius 3 is 2.80 bits per heavy atom. The van der Waals surface area contributed by atoms with Crippen molar-refractivity contribution in [1.82, 2.24) is 4.98 Å². The van der Waals surface area contributed by atoms with Crippen LogP contribution in [0.5, 0.6) is 0 Å². The number of benzene rings is 1. The highest BCUT2D eigenvalue weighted by molar-refractivity contribution is 6.30. The summed E-state index contributed by atoms with van der Waals surface area (Å²) in [6, 6.07) is 7.62. The van der Waals surface area contributed by atoms with Crippen molar-refractivity contribution >= 4 is 22.5 Å². The van der Waals surface area contributed by atoms with Gasteiger partial charge < -0.3 is 10.8 Å². The van der Waals surface area contributed by atoms with E-state index in [4.69, 9.17) is 22.4 Å². The topological polar surface area (TPSA) is 59.1 Å². The van der Waals surface area contributed by atoms with E-state index in [9.17, 15) is 0 Å². The molecule has 0 bridgehead atoms. The zero-order chi connectivity index (χ0) is 10.8. The number of aliphatic hydroxyl groups excluding tert-OH is 1. The lowest BCUT2D eigenvalue weighted by Crippen LogP contribution is -1.97. The van der Waals surface area contributed by atoms with Gasteiger partial charge in [0.05, 0.1) is 12.1 Å². The first kappa shape index (κ1) is 10.4. The van der Waals surface area contributed by atoms with Crippen molar-refractivity contribution < 1.29 is 5.11 Å². The maximum absolute atomic E-state index is 9.03. The Hall–Kier alpha value is -1.16. The minimum absolute atomic E-state index is 0.0968. The fourth-order valence-electron chi connectivity index (χ4n) is 1.47. The van der Waals surface area contributed by atoms with Gasteiger partial charge in [0.2, 0.25) is 0 Å². The van der Waals surface area contributed by atoms with Gasteiger partial charge in [0.1, 0.15) is 5.15 Å². The first-order valence-electron chi connectivity index (χ1n) is 4.63. The highest BCUT2D eigenvalue weighted by atomic mass is 35.5. The zero-order valence-electron chi connectivity index (χ0n) is 8.07. The third kappa shape index (κ3) is 1.95. The van der Waals surface area contributed by atoms with Crippen LogP contribution >= 0.6 is 11.6 Å². The van der Waals surface area contributed by atoms with Gasteiger partial charge in [-0.3, -0.25) is 0 Å². The molecule has 1 aromatic heterocycles. The lowest BCUT2D eigenvalue weighted by Gasteiger charge is -2.04. The number of halogens is 1. The van der Waals surface area contributed by atoms with Gasteiger partial charge in [0.25, 0.3) is 0 Å². The van der Waals surface area contributed by atoms with Crippen molar-refractivity contribution in [2.75, 3.05) is 0 Å². The minimum atomic E-state index is -0.0968. The van der Waals surface area contributed by atoms with Crippen LogP contribution in [-0.2, 0) is 13.2 Å². The maximum atomic E-state index is 9.03. The highest BCUT2D eigenvalue weighted by Crippen LogP contribution is 2.21. The number of nitrogens with two attached hydrogens (primary N) is 1. The van der Waals surface area contributed by atoms with Crippen LogP contribution in [0.15, 0.2) is 24.3 Å². The summed E-state index contributed by atoms with van der Waals surface area (Å²) in [6.07, 6.45) is 0. The fraction of sp³-hybridized carbons (Fsp3) is 0.182. The number of aliphatic hydroxyl groups is 1. The summed E-state index contributed by atoms with van der Waals surface area (Å²) in [7, 11) is 0. The van der Waals surface area contributed by atoms with Crippen molar-refractivity contribution in [1.29, 1.82) is 0 Å².